The summed E-state index contributed by atoms with van der Waals surface area (Å²) < 4.78 is 4.08. The van der Waals surface area contributed by atoms with Crippen molar-refractivity contribution in [1.29, 1.82) is 0 Å². The summed E-state index contributed by atoms with van der Waals surface area (Å²) in [5.41, 5.74) is 4.57. The van der Waals surface area contributed by atoms with E-state index in [4.69, 9.17) is 0 Å². The molecule has 0 amide bonds. The fraction of sp³-hybridized carbons (Fsp3) is 0.333. The maximum atomic E-state index is 4.66. The SMILES string of the molecule is CCn1c(NCc2cnn(C)c2C)nc2ccccc21. The Hall–Kier alpha value is -2.30. The van der Waals surface area contributed by atoms with Gasteiger partial charge in [0.15, 0.2) is 0 Å². The molecule has 0 fully saturated rings. The molecule has 20 heavy (non-hydrogen) atoms. The highest BCUT2D eigenvalue weighted by atomic mass is 15.3. The van der Waals surface area contributed by atoms with Crippen molar-refractivity contribution in [2.45, 2.75) is 26.9 Å². The summed E-state index contributed by atoms with van der Waals surface area (Å²) >= 11 is 0. The molecule has 0 aliphatic rings. The van der Waals surface area contributed by atoms with Crippen LogP contribution in [-0.2, 0) is 20.1 Å². The molecule has 2 heterocycles. The van der Waals surface area contributed by atoms with Crippen molar-refractivity contribution in [3.8, 4) is 0 Å². The molecular formula is C15H19N5. The summed E-state index contributed by atoms with van der Waals surface area (Å²) in [6.07, 6.45) is 1.90. The Balaban J connectivity index is 1.89. The van der Waals surface area contributed by atoms with Gasteiger partial charge in [0.25, 0.3) is 0 Å². The Morgan fingerprint density at radius 1 is 1.25 bits per heavy atom. The molecule has 3 aromatic rings. The van der Waals surface area contributed by atoms with Crippen molar-refractivity contribution in [3.05, 3.63) is 41.7 Å². The van der Waals surface area contributed by atoms with Gasteiger partial charge in [-0.05, 0) is 26.0 Å². The van der Waals surface area contributed by atoms with Crippen molar-refractivity contribution in [3.63, 3.8) is 0 Å². The summed E-state index contributed by atoms with van der Waals surface area (Å²) in [4.78, 5) is 4.66. The Kier molecular flexibility index (Phi) is 3.18. The quantitative estimate of drug-likeness (QED) is 0.792. The standard InChI is InChI=1S/C15H19N5/c1-4-20-14-8-6-5-7-13(14)18-15(20)16-9-12-10-17-19(3)11(12)2/h5-8,10H,4,9H2,1-3H3,(H,16,18). The molecule has 0 atom stereocenters. The van der Waals surface area contributed by atoms with E-state index in [-0.39, 0.29) is 0 Å². The summed E-state index contributed by atoms with van der Waals surface area (Å²) in [5.74, 6) is 0.914. The molecule has 0 spiro atoms. The fourth-order valence-electron chi connectivity index (χ4n) is 2.42. The third-order valence-corrected chi connectivity index (χ3v) is 3.74. The average molecular weight is 269 g/mol. The van der Waals surface area contributed by atoms with Gasteiger partial charge in [-0.15, -0.1) is 0 Å². The largest absolute Gasteiger partial charge is 0.351 e. The molecule has 0 unspecified atom stereocenters. The van der Waals surface area contributed by atoms with Crippen LogP contribution >= 0.6 is 0 Å². The molecule has 1 aromatic carbocycles. The summed E-state index contributed by atoms with van der Waals surface area (Å²) in [5, 5.41) is 7.69. The smallest absolute Gasteiger partial charge is 0.204 e. The number of para-hydroxylation sites is 2. The van der Waals surface area contributed by atoms with Crippen LogP contribution in [0.4, 0.5) is 5.95 Å². The van der Waals surface area contributed by atoms with Crippen LogP contribution in [0.1, 0.15) is 18.2 Å². The van der Waals surface area contributed by atoms with Gasteiger partial charge in [0.05, 0.1) is 17.2 Å². The van der Waals surface area contributed by atoms with E-state index >= 15 is 0 Å². The first-order valence-electron chi connectivity index (χ1n) is 6.87. The Labute approximate surface area is 118 Å². The third-order valence-electron chi connectivity index (χ3n) is 3.74. The van der Waals surface area contributed by atoms with Crippen molar-refractivity contribution < 1.29 is 0 Å². The van der Waals surface area contributed by atoms with Gasteiger partial charge in [0.2, 0.25) is 5.95 Å². The lowest BCUT2D eigenvalue weighted by molar-refractivity contribution is 0.737. The zero-order chi connectivity index (χ0) is 14.1. The number of fused-ring (bicyclic) bond motifs is 1. The molecular weight excluding hydrogens is 250 g/mol. The van der Waals surface area contributed by atoms with Gasteiger partial charge in [0.1, 0.15) is 0 Å². The molecule has 0 saturated heterocycles. The number of hydrogen-bond acceptors (Lipinski definition) is 3. The van der Waals surface area contributed by atoms with Gasteiger partial charge in [-0.2, -0.15) is 5.10 Å². The highest BCUT2D eigenvalue weighted by Crippen LogP contribution is 2.20. The number of anilines is 1. The maximum absolute atomic E-state index is 4.66. The van der Waals surface area contributed by atoms with E-state index in [2.05, 4.69) is 39.9 Å². The Morgan fingerprint density at radius 3 is 2.75 bits per heavy atom. The predicted molar refractivity (Wildman–Crippen MR) is 80.7 cm³/mol. The lowest BCUT2D eigenvalue weighted by atomic mass is 10.2. The number of rotatable bonds is 4. The normalized spacial score (nSPS) is 11.2. The molecule has 0 bridgehead atoms. The lowest BCUT2D eigenvalue weighted by Gasteiger charge is -2.08. The topological polar surface area (TPSA) is 47.7 Å². The second kappa shape index (κ2) is 5.00. The molecule has 2 aromatic heterocycles. The van der Waals surface area contributed by atoms with Crippen LogP contribution < -0.4 is 5.32 Å². The minimum atomic E-state index is 0.739. The van der Waals surface area contributed by atoms with Gasteiger partial charge in [0, 0.05) is 31.4 Å². The second-order valence-electron chi connectivity index (χ2n) is 4.90. The third kappa shape index (κ3) is 2.05. The van der Waals surface area contributed by atoms with Crippen LogP contribution in [0, 0.1) is 6.92 Å². The summed E-state index contributed by atoms with van der Waals surface area (Å²) in [7, 11) is 1.96. The average Bonchev–Trinajstić information content (AvgIpc) is 2.98. The Morgan fingerprint density at radius 2 is 2.05 bits per heavy atom. The van der Waals surface area contributed by atoms with Gasteiger partial charge in [-0.1, -0.05) is 12.1 Å². The van der Waals surface area contributed by atoms with Crippen molar-refractivity contribution in [1.82, 2.24) is 19.3 Å². The number of nitrogens with one attached hydrogen (secondary N) is 1. The van der Waals surface area contributed by atoms with E-state index in [1.165, 1.54) is 16.8 Å². The number of benzene rings is 1. The van der Waals surface area contributed by atoms with E-state index in [0.29, 0.717) is 0 Å². The monoisotopic (exact) mass is 269 g/mol. The van der Waals surface area contributed by atoms with Crippen molar-refractivity contribution in [2.24, 2.45) is 7.05 Å². The molecule has 3 rings (SSSR count). The Bertz CT molecular complexity index is 738. The summed E-state index contributed by atoms with van der Waals surface area (Å²) in [6, 6.07) is 8.21. The first kappa shape index (κ1) is 12.7. The molecule has 1 N–H and O–H groups in total. The van der Waals surface area contributed by atoms with Crippen LogP contribution in [0.2, 0.25) is 0 Å². The van der Waals surface area contributed by atoms with E-state index < -0.39 is 0 Å². The zero-order valence-corrected chi connectivity index (χ0v) is 12.1. The van der Waals surface area contributed by atoms with Gasteiger partial charge < -0.3 is 9.88 Å². The number of aryl methyl sites for hydroxylation is 2. The molecule has 104 valence electrons. The molecule has 0 aliphatic carbocycles. The highest BCUT2D eigenvalue weighted by Gasteiger charge is 2.10. The number of hydrogen-bond donors (Lipinski definition) is 1. The summed E-state index contributed by atoms with van der Waals surface area (Å²) in [6.45, 7) is 5.85. The van der Waals surface area contributed by atoms with Crippen LogP contribution in [-0.4, -0.2) is 19.3 Å². The first-order valence-corrected chi connectivity index (χ1v) is 6.87. The molecule has 0 radical (unpaired) electrons. The maximum Gasteiger partial charge on any atom is 0.204 e. The van der Waals surface area contributed by atoms with Crippen LogP contribution in [0.25, 0.3) is 11.0 Å². The van der Waals surface area contributed by atoms with Crippen LogP contribution in [0.15, 0.2) is 30.5 Å². The zero-order valence-electron chi connectivity index (χ0n) is 12.1. The van der Waals surface area contributed by atoms with Crippen molar-refractivity contribution in [2.75, 3.05) is 5.32 Å². The number of imidazole rings is 1. The van der Waals surface area contributed by atoms with E-state index in [0.717, 1.165) is 24.6 Å². The van der Waals surface area contributed by atoms with E-state index in [1.807, 2.05) is 36.1 Å². The second-order valence-corrected chi connectivity index (χ2v) is 4.90. The van der Waals surface area contributed by atoms with Gasteiger partial charge in [-0.3, -0.25) is 4.68 Å². The van der Waals surface area contributed by atoms with Crippen LogP contribution in [0.3, 0.4) is 0 Å². The highest BCUT2D eigenvalue weighted by molar-refractivity contribution is 5.78. The van der Waals surface area contributed by atoms with E-state index in [1.54, 1.807) is 0 Å². The minimum absolute atomic E-state index is 0.739. The van der Waals surface area contributed by atoms with Gasteiger partial charge >= 0.3 is 0 Å². The van der Waals surface area contributed by atoms with Crippen LogP contribution in [0.5, 0.6) is 0 Å². The molecule has 5 nitrogen and oxygen atoms in total. The molecule has 0 saturated carbocycles. The molecule has 5 heteroatoms. The fourth-order valence-corrected chi connectivity index (χ4v) is 2.42. The van der Waals surface area contributed by atoms with E-state index in [9.17, 15) is 0 Å². The van der Waals surface area contributed by atoms with Gasteiger partial charge in [-0.25, -0.2) is 4.98 Å². The lowest BCUT2D eigenvalue weighted by Crippen LogP contribution is -2.07. The molecule has 0 aliphatic heterocycles. The number of nitrogens with zero attached hydrogens (tertiary/aromatic N) is 4. The minimum Gasteiger partial charge on any atom is -0.351 e. The van der Waals surface area contributed by atoms with Crippen molar-refractivity contribution >= 4 is 17.0 Å². The number of aromatic nitrogens is 4. The predicted octanol–water partition coefficient (Wildman–Crippen LogP) is 2.71. The first-order chi connectivity index (χ1) is 9.70.